The van der Waals surface area contributed by atoms with E-state index in [1.807, 2.05) is 0 Å². The van der Waals surface area contributed by atoms with E-state index in [2.05, 4.69) is 24.9 Å². The van der Waals surface area contributed by atoms with Gasteiger partial charge in [0.05, 0.1) is 11.6 Å². The van der Waals surface area contributed by atoms with Gasteiger partial charge in [0.2, 0.25) is 5.95 Å². The van der Waals surface area contributed by atoms with Crippen molar-refractivity contribution in [2.45, 2.75) is 20.5 Å². The lowest BCUT2D eigenvalue weighted by Gasteiger charge is -2.34. The monoisotopic (exact) mass is 317 g/mol. The number of rotatable bonds is 4. The summed E-state index contributed by atoms with van der Waals surface area (Å²) in [7, 11) is 0. The first-order chi connectivity index (χ1) is 11.1. The molecule has 0 spiro atoms. The summed E-state index contributed by atoms with van der Waals surface area (Å²) >= 11 is 0. The van der Waals surface area contributed by atoms with Crippen molar-refractivity contribution in [2.75, 3.05) is 31.1 Å². The topological polar surface area (TPSA) is 93.2 Å². The van der Waals surface area contributed by atoms with Crippen LogP contribution in [0.5, 0.6) is 0 Å². The van der Waals surface area contributed by atoms with Crippen molar-refractivity contribution in [2.24, 2.45) is 0 Å². The zero-order valence-electron chi connectivity index (χ0n) is 13.2. The fourth-order valence-electron chi connectivity index (χ4n) is 2.82. The second kappa shape index (κ2) is 6.29. The van der Waals surface area contributed by atoms with Crippen LogP contribution in [0.2, 0.25) is 0 Å². The van der Waals surface area contributed by atoms with E-state index in [1.165, 1.54) is 0 Å². The second-order valence-electron chi connectivity index (χ2n) is 5.57. The van der Waals surface area contributed by atoms with Crippen LogP contribution >= 0.6 is 0 Å². The predicted molar refractivity (Wildman–Crippen MR) is 84.2 cm³/mol. The molecule has 9 nitrogen and oxygen atoms in total. The molecule has 2 aromatic heterocycles. The van der Waals surface area contributed by atoms with Crippen molar-refractivity contribution < 1.29 is 4.92 Å². The molecule has 122 valence electrons. The maximum absolute atomic E-state index is 11.1. The molecule has 0 radical (unpaired) electrons. The molecule has 23 heavy (non-hydrogen) atoms. The SMILES string of the molecule is Cc1nn(CN2CCN(c3ncccn3)CC2)c(C)c1[N+](=O)[O-]. The minimum absolute atomic E-state index is 0.112. The molecule has 3 rings (SSSR count). The highest BCUT2D eigenvalue weighted by Gasteiger charge is 2.24. The molecule has 0 aromatic carbocycles. The van der Waals surface area contributed by atoms with Crippen LogP contribution in [0.3, 0.4) is 0 Å². The van der Waals surface area contributed by atoms with Gasteiger partial charge in [0.15, 0.2) is 0 Å². The van der Waals surface area contributed by atoms with Gasteiger partial charge in [-0.15, -0.1) is 0 Å². The highest BCUT2D eigenvalue weighted by molar-refractivity contribution is 5.39. The zero-order chi connectivity index (χ0) is 16.4. The third-order valence-electron chi connectivity index (χ3n) is 4.07. The maximum atomic E-state index is 11.1. The molecule has 1 aliphatic rings. The average Bonchev–Trinajstić information content (AvgIpc) is 2.83. The van der Waals surface area contributed by atoms with Crippen molar-refractivity contribution in [1.82, 2.24) is 24.6 Å². The van der Waals surface area contributed by atoms with Gasteiger partial charge < -0.3 is 4.90 Å². The summed E-state index contributed by atoms with van der Waals surface area (Å²) in [5.74, 6) is 0.744. The Balaban J connectivity index is 1.63. The number of aromatic nitrogens is 4. The van der Waals surface area contributed by atoms with E-state index in [0.29, 0.717) is 18.1 Å². The smallest absolute Gasteiger partial charge is 0.312 e. The molecular formula is C14H19N7O2. The number of nitro groups is 1. The Kier molecular flexibility index (Phi) is 4.20. The Morgan fingerprint density at radius 2 is 1.83 bits per heavy atom. The first kappa shape index (κ1) is 15.3. The molecule has 0 amide bonds. The Morgan fingerprint density at radius 1 is 1.17 bits per heavy atom. The zero-order valence-corrected chi connectivity index (χ0v) is 13.2. The lowest BCUT2D eigenvalue weighted by atomic mass is 10.3. The molecule has 0 unspecified atom stereocenters. The highest BCUT2D eigenvalue weighted by Crippen LogP contribution is 2.22. The van der Waals surface area contributed by atoms with Crippen molar-refractivity contribution >= 4 is 11.6 Å². The minimum atomic E-state index is -0.362. The van der Waals surface area contributed by atoms with Crippen molar-refractivity contribution in [1.29, 1.82) is 0 Å². The van der Waals surface area contributed by atoms with Gasteiger partial charge in [-0.05, 0) is 19.9 Å². The molecule has 0 N–H and O–H groups in total. The third-order valence-corrected chi connectivity index (χ3v) is 4.07. The van der Waals surface area contributed by atoms with Crippen LogP contribution in [-0.2, 0) is 6.67 Å². The normalized spacial score (nSPS) is 15.8. The molecule has 9 heteroatoms. The Morgan fingerprint density at radius 3 is 2.39 bits per heavy atom. The van der Waals surface area contributed by atoms with E-state index in [0.717, 1.165) is 32.1 Å². The van der Waals surface area contributed by atoms with E-state index in [1.54, 1.807) is 37.0 Å². The Hall–Kier alpha value is -2.55. The number of hydrogen-bond acceptors (Lipinski definition) is 7. The largest absolute Gasteiger partial charge is 0.338 e. The van der Waals surface area contributed by atoms with Gasteiger partial charge in [0.25, 0.3) is 0 Å². The van der Waals surface area contributed by atoms with Crippen molar-refractivity contribution in [3.05, 3.63) is 40.0 Å². The first-order valence-corrected chi connectivity index (χ1v) is 7.49. The van der Waals surface area contributed by atoms with E-state index in [9.17, 15) is 10.1 Å². The van der Waals surface area contributed by atoms with Crippen LogP contribution in [0, 0.1) is 24.0 Å². The summed E-state index contributed by atoms with van der Waals surface area (Å²) in [5, 5.41) is 15.4. The molecule has 2 aromatic rings. The molecule has 1 saturated heterocycles. The number of aryl methyl sites for hydroxylation is 1. The quantitative estimate of drug-likeness (QED) is 0.613. The highest BCUT2D eigenvalue weighted by atomic mass is 16.6. The lowest BCUT2D eigenvalue weighted by Crippen LogP contribution is -2.47. The minimum Gasteiger partial charge on any atom is -0.338 e. The average molecular weight is 317 g/mol. The standard InChI is InChI=1S/C14H19N7O2/c1-11-13(21(22)23)12(2)20(17-11)10-18-6-8-19(9-7-18)14-15-4-3-5-16-14/h3-5H,6-10H2,1-2H3. The van der Waals surface area contributed by atoms with Gasteiger partial charge in [-0.2, -0.15) is 5.10 Å². The predicted octanol–water partition coefficient (Wildman–Crippen LogP) is 0.978. The van der Waals surface area contributed by atoms with Crippen LogP contribution in [0.15, 0.2) is 18.5 Å². The Labute approximate surface area is 133 Å². The van der Waals surface area contributed by atoms with Gasteiger partial charge in [0, 0.05) is 38.6 Å². The molecule has 0 saturated carbocycles. The van der Waals surface area contributed by atoms with E-state index in [4.69, 9.17) is 0 Å². The van der Waals surface area contributed by atoms with Crippen molar-refractivity contribution in [3.63, 3.8) is 0 Å². The third kappa shape index (κ3) is 3.14. The fourth-order valence-corrected chi connectivity index (χ4v) is 2.82. The summed E-state index contributed by atoms with van der Waals surface area (Å²) < 4.78 is 1.71. The number of anilines is 1. The molecule has 1 aliphatic heterocycles. The summed E-state index contributed by atoms with van der Waals surface area (Å²) in [6.45, 7) is 7.30. The van der Waals surface area contributed by atoms with Gasteiger partial charge in [-0.25, -0.2) is 14.6 Å². The molecule has 1 fully saturated rings. The number of nitrogens with zero attached hydrogens (tertiary/aromatic N) is 7. The van der Waals surface area contributed by atoms with Crippen LogP contribution in [-0.4, -0.2) is 55.8 Å². The molecule has 0 bridgehead atoms. The molecule has 0 aliphatic carbocycles. The van der Waals surface area contributed by atoms with E-state index >= 15 is 0 Å². The maximum Gasteiger partial charge on any atom is 0.312 e. The molecular weight excluding hydrogens is 298 g/mol. The first-order valence-electron chi connectivity index (χ1n) is 7.49. The second-order valence-corrected chi connectivity index (χ2v) is 5.57. The number of hydrogen-bond donors (Lipinski definition) is 0. The fraction of sp³-hybridized carbons (Fsp3) is 0.500. The summed E-state index contributed by atoms with van der Waals surface area (Å²) in [4.78, 5) is 23.6. The van der Waals surface area contributed by atoms with Gasteiger partial charge in [-0.3, -0.25) is 15.0 Å². The number of piperazine rings is 1. The summed E-state index contributed by atoms with van der Waals surface area (Å²) in [6.07, 6.45) is 3.48. The van der Waals surface area contributed by atoms with Crippen LogP contribution < -0.4 is 4.90 Å². The summed E-state index contributed by atoms with van der Waals surface area (Å²) in [5.41, 5.74) is 1.17. The van der Waals surface area contributed by atoms with Gasteiger partial charge in [0.1, 0.15) is 11.4 Å². The van der Waals surface area contributed by atoms with Crippen molar-refractivity contribution in [3.8, 4) is 0 Å². The summed E-state index contributed by atoms with van der Waals surface area (Å²) in [6, 6.07) is 1.80. The van der Waals surface area contributed by atoms with E-state index < -0.39 is 0 Å². The molecule has 3 heterocycles. The van der Waals surface area contributed by atoms with Crippen LogP contribution in [0.25, 0.3) is 0 Å². The van der Waals surface area contributed by atoms with Gasteiger partial charge in [-0.1, -0.05) is 0 Å². The Bertz CT molecular complexity index is 693. The van der Waals surface area contributed by atoms with Gasteiger partial charge >= 0.3 is 5.69 Å². The van der Waals surface area contributed by atoms with Crippen LogP contribution in [0.1, 0.15) is 11.4 Å². The van der Waals surface area contributed by atoms with E-state index in [-0.39, 0.29) is 10.6 Å². The lowest BCUT2D eigenvalue weighted by molar-refractivity contribution is -0.386. The molecule has 0 atom stereocenters. The van der Waals surface area contributed by atoms with Crippen LogP contribution in [0.4, 0.5) is 11.6 Å².